The van der Waals surface area contributed by atoms with E-state index in [0.717, 1.165) is 0 Å². The normalized spacial score (nSPS) is 42.8. The van der Waals surface area contributed by atoms with Crippen LogP contribution >= 0.6 is 0 Å². The van der Waals surface area contributed by atoms with Gasteiger partial charge < -0.3 is 5.11 Å². The van der Waals surface area contributed by atoms with Gasteiger partial charge in [-0.25, -0.2) is 0 Å². The summed E-state index contributed by atoms with van der Waals surface area (Å²) in [5.41, 5.74) is 0.678. The standard InChI is InChI=1S/C18H32O2/c1-12-10-17(4,5)13-7-8-16(2,3)14(9-15(19)20)18(13,6)11-12/h12-14H,7-11H2,1-6H3,(H,19,20)/t12-,13?,14-,18-/m0/s1. The maximum Gasteiger partial charge on any atom is 0.303 e. The molecule has 20 heavy (non-hydrogen) atoms. The summed E-state index contributed by atoms with van der Waals surface area (Å²) in [6.45, 7) is 14.1. The first-order valence-electron chi connectivity index (χ1n) is 8.21. The van der Waals surface area contributed by atoms with E-state index in [1.54, 1.807) is 0 Å². The summed E-state index contributed by atoms with van der Waals surface area (Å²) in [6, 6.07) is 0. The van der Waals surface area contributed by atoms with E-state index in [-0.39, 0.29) is 10.8 Å². The molecule has 0 saturated heterocycles. The molecule has 0 aliphatic heterocycles. The zero-order valence-electron chi connectivity index (χ0n) is 14.1. The van der Waals surface area contributed by atoms with Gasteiger partial charge in [0, 0.05) is 6.42 Å². The van der Waals surface area contributed by atoms with Crippen molar-refractivity contribution < 1.29 is 9.90 Å². The number of carboxylic acids is 1. The Balaban J connectivity index is 2.42. The Morgan fingerprint density at radius 2 is 1.70 bits per heavy atom. The summed E-state index contributed by atoms with van der Waals surface area (Å²) in [4.78, 5) is 11.4. The Bertz CT molecular complexity index is 396. The number of fused-ring (bicyclic) bond motifs is 1. The quantitative estimate of drug-likeness (QED) is 0.775. The van der Waals surface area contributed by atoms with E-state index in [1.807, 2.05) is 0 Å². The summed E-state index contributed by atoms with van der Waals surface area (Å²) >= 11 is 0. The lowest BCUT2D eigenvalue weighted by Crippen LogP contribution is -2.56. The molecule has 1 N–H and O–H groups in total. The number of rotatable bonds is 2. The summed E-state index contributed by atoms with van der Waals surface area (Å²) in [7, 11) is 0. The highest BCUT2D eigenvalue weighted by Gasteiger charge is 2.58. The van der Waals surface area contributed by atoms with E-state index >= 15 is 0 Å². The molecule has 0 heterocycles. The van der Waals surface area contributed by atoms with Crippen LogP contribution in [0.1, 0.15) is 73.6 Å². The molecule has 0 amide bonds. The zero-order valence-corrected chi connectivity index (χ0v) is 14.1. The van der Waals surface area contributed by atoms with Crippen LogP contribution in [0.2, 0.25) is 0 Å². The molecule has 0 aromatic carbocycles. The van der Waals surface area contributed by atoms with Gasteiger partial charge in [0.1, 0.15) is 0 Å². The average molecular weight is 280 g/mol. The van der Waals surface area contributed by atoms with Gasteiger partial charge in [-0.3, -0.25) is 4.79 Å². The Kier molecular flexibility index (Phi) is 3.76. The van der Waals surface area contributed by atoms with Crippen molar-refractivity contribution in [3.63, 3.8) is 0 Å². The van der Waals surface area contributed by atoms with Crippen molar-refractivity contribution in [2.75, 3.05) is 0 Å². The van der Waals surface area contributed by atoms with E-state index in [1.165, 1.54) is 25.7 Å². The summed E-state index contributed by atoms with van der Waals surface area (Å²) in [5, 5.41) is 9.40. The highest BCUT2D eigenvalue weighted by atomic mass is 16.4. The van der Waals surface area contributed by atoms with Crippen LogP contribution in [0, 0.1) is 34.0 Å². The van der Waals surface area contributed by atoms with Crippen molar-refractivity contribution >= 4 is 5.97 Å². The van der Waals surface area contributed by atoms with Gasteiger partial charge in [-0.15, -0.1) is 0 Å². The number of carboxylic acid groups (broad SMARTS) is 1. The molecule has 1 unspecified atom stereocenters. The Morgan fingerprint density at radius 3 is 2.25 bits per heavy atom. The van der Waals surface area contributed by atoms with Gasteiger partial charge >= 0.3 is 5.97 Å². The van der Waals surface area contributed by atoms with E-state index < -0.39 is 5.97 Å². The number of aliphatic carboxylic acids is 1. The molecule has 2 saturated carbocycles. The molecule has 116 valence electrons. The zero-order chi connectivity index (χ0) is 15.3. The highest BCUT2D eigenvalue weighted by molar-refractivity contribution is 5.67. The third kappa shape index (κ3) is 2.51. The maximum atomic E-state index is 11.4. The molecule has 0 spiro atoms. The van der Waals surface area contributed by atoms with E-state index in [0.29, 0.717) is 29.6 Å². The van der Waals surface area contributed by atoms with Crippen LogP contribution in [0.3, 0.4) is 0 Å². The van der Waals surface area contributed by atoms with Gasteiger partial charge in [0.2, 0.25) is 0 Å². The fourth-order valence-corrected chi connectivity index (χ4v) is 6.27. The van der Waals surface area contributed by atoms with Crippen LogP contribution in [-0.2, 0) is 4.79 Å². The molecule has 0 radical (unpaired) electrons. The van der Waals surface area contributed by atoms with Gasteiger partial charge in [-0.2, -0.15) is 0 Å². The molecule has 2 nitrogen and oxygen atoms in total. The van der Waals surface area contributed by atoms with Crippen LogP contribution < -0.4 is 0 Å². The minimum absolute atomic E-state index is 0.150. The molecule has 4 atom stereocenters. The first-order chi connectivity index (χ1) is 8.99. The molecule has 2 aliphatic rings. The molecule has 2 heteroatoms. The summed E-state index contributed by atoms with van der Waals surface area (Å²) in [5.74, 6) is 1.05. The van der Waals surface area contributed by atoms with Gasteiger partial charge in [-0.1, -0.05) is 41.5 Å². The molecule has 0 aromatic rings. The van der Waals surface area contributed by atoms with Crippen LogP contribution in [0.4, 0.5) is 0 Å². The second kappa shape index (κ2) is 4.74. The Morgan fingerprint density at radius 1 is 1.10 bits per heavy atom. The van der Waals surface area contributed by atoms with Crippen molar-refractivity contribution in [1.82, 2.24) is 0 Å². The van der Waals surface area contributed by atoms with Crippen molar-refractivity contribution in [2.24, 2.45) is 34.0 Å². The maximum absolute atomic E-state index is 11.4. The molecule has 2 aliphatic carbocycles. The first kappa shape index (κ1) is 15.9. The lowest BCUT2D eigenvalue weighted by atomic mass is 9.42. The van der Waals surface area contributed by atoms with Gasteiger partial charge in [0.05, 0.1) is 0 Å². The second-order valence-electron chi connectivity index (χ2n) is 9.24. The fraction of sp³-hybridized carbons (Fsp3) is 0.944. The smallest absolute Gasteiger partial charge is 0.303 e. The molecule has 0 bridgehead atoms. The SMILES string of the molecule is C[C@H]1CC(C)(C)C2CCC(C)(C)[C@H](CC(=O)O)[C@@]2(C)C1. The Labute approximate surface area is 124 Å². The van der Waals surface area contributed by atoms with Crippen LogP contribution in [0.25, 0.3) is 0 Å². The lowest BCUT2D eigenvalue weighted by molar-refractivity contribution is -0.159. The number of hydrogen-bond acceptors (Lipinski definition) is 1. The fourth-order valence-electron chi connectivity index (χ4n) is 6.27. The van der Waals surface area contributed by atoms with Crippen molar-refractivity contribution in [3.05, 3.63) is 0 Å². The topological polar surface area (TPSA) is 37.3 Å². The minimum Gasteiger partial charge on any atom is -0.481 e. The summed E-state index contributed by atoms with van der Waals surface area (Å²) in [6.07, 6.45) is 5.25. The summed E-state index contributed by atoms with van der Waals surface area (Å²) < 4.78 is 0. The van der Waals surface area contributed by atoms with Crippen molar-refractivity contribution in [3.8, 4) is 0 Å². The molecule has 0 aromatic heterocycles. The van der Waals surface area contributed by atoms with Crippen LogP contribution in [-0.4, -0.2) is 11.1 Å². The van der Waals surface area contributed by atoms with Gasteiger partial charge in [0.25, 0.3) is 0 Å². The molecular weight excluding hydrogens is 248 g/mol. The van der Waals surface area contributed by atoms with Crippen molar-refractivity contribution in [2.45, 2.75) is 73.6 Å². The largest absolute Gasteiger partial charge is 0.481 e. The van der Waals surface area contributed by atoms with E-state index in [2.05, 4.69) is 41.5 Å². The van der Waals surface area contributed by atoms with Crippen molar-refractivity contribution in [1.29, 1.82) is 0 Å². The van der Waals surface area contributed by atoms with Gasteiger partial charge in [-0.05, 0) is 59.7 Å². The third-order valence-electron chi connectivity index (χ3n) is 6.60. The minimum atomic E-state index is -0.624. The predicted octanol–water partition coefficient (Wildman–Crippen LogP) is 4.98. The second-order valence-corrected chi connectivity index (χ2v) is 9.24. The van der Waals surface area contributed by atoms with E-state index in [9.17, 15) is 9.90 Å². The third-order valence-corrected chi connectivity index (χ3v) is 6.60. The van der Waals surface area contributed by atoms with E-state index in [4.69, 9.17) is 0 Å². The van der Waals surface area contributed by atoms with Crippen LogP contribution in [0.5, 0.6) is 0 Å². The first-order valence-corrected chi connectivity index (χ1v) is 8.21. The monoisotopic (exact) mass is 280 g/mol. The Hall–Kier alpha value is -0.530. The molecular formula is C18H32O2. The number of carbonyl (C=O) groups is 1. The molecule has 2 rings (SSSR count). The predicted molar refractivity (Wildman–Crippen MR) is 82.5 cm³/mol. The average Bonchev–Trinajstić information content (AvgIpc) is 2.20. The van der Waals surface area contributed by atoms with Gasteiger partial charge in [0.15, 0.2) is 0 Å². The lowest BCUT2D eigenvalue weighted by Gasteiger charge is -2.63. The number of hydrogen-bond donors (Lipinski definition) is 1. The highest BCUT2D eigenvalue weighted by Crippen LogP contribution is 2.65. The molecule has 2 fully saturated rings. The van der Waals surface area contributed by atoms with Crippen LogP contribution in [0.15, 0.2) is 0 Å².